The zero-order valence-electron chi connectivity index (χ0n) is 12.2. The molecule has 112 valence electrons. The van der Waals surface area contributed by atoms with Gasteiger partial charge in [-0.1, -0.05) is 12.1 Å². The number of imidazole rings is 1. The number of benzene rings is 1. The second kappa shape index (κ2) is 5.47. The Hall–Kier alpha value is -2.50. The van der Waals surface area contributed by atoms with E-state index in [1.165, 1.54) is 12.1 Å². The zero-order valence-corrected chi connectivity index (χ0v) is 12.2. The fourth-order valence-corrected chi connectivity index (χ4v) is 2.50. The van der Waals surface area contributed by atoms with E-state index in [1.54, 1.807) is 30.7 Å². The Balaban J connectivity index is 2.58. The number of carboxylic acids is 1. The third-order valence-corrected chi connectivity index (χ3v) is 3.89. The monoisotopic (exact) mass is 291 g/mol. The van der Waals surface area contributed by atoms with Gasteiger partial charge in [0.05, 0.1) is 19.4 Å². The lowest BCUT2D eigenvalue weighted by Crippen LogP contribution is -2.37. The van der Waals surface area contributed by atoms with Gasteiger partial charge >= 0.3 is 11.8 Å². The van der Waals surface area contributed by atoms with Gasteiger partial charge in [-0.05, 0) is 22.4 Å². The highest BCUT2D eigenvalue weighted by atomic mass is 16.5. The number of hydrogen-bond donors (Lipinski definition) is 3. The number of aliphatic carboxylic acids is 1. The molecule has 1 heterocycles. The lowest BCUT2D eigenvalue weighted by molar-refractivity contribution is -0.686. The van der Waals surface area contributed by atoms with Crippen LogP contribution >= 0.6 is 0 Å². The molecule has 1 aromatic carbocycles. The van der Waals surface area contributed by atoms with E-state index in [0.717, 1.165) is 16.0 Å². The maximum absolute atomic E-state index is 11.2. The van der Waals surface area contributed by atoms with Gasteiger partial charge in [0.1, 0.15) is 11.4 Å². The summed E-state index contributed by atoms with van der Waals surface area (Å²) in [5, 5.41) is 28.8. The molecule has 0 radical (unpaired) electrons. The quantitative estimate of drug-likeness (QED) is 0.588. The molecule has 0 spiro atoms. The van der Waals surface area contributed by atoms with E-state index in [2.05, 4.69) is 0 Å². The first-order chi connectivity index (χ1) is 9.82. The number of phenolic OH excluding ortho intramolecular Hbond substituents is 1. The smallest absolute Gasteiger partial charge is 0.304 e. The van der Waals surface area contributed by atoms with Crippen molar-refractivity contribution in [3.63, 3.8) is 0 Å². The molecule has 0 aliphatic heterocycles. The molecular formula is C15H19N2O4+. The Morgan fingerprint density at radius 2 is 1.86 bits per heavy atom. The van der Waals surface area contributed by atoms with Crippen molar-refractivity contribution in [2.75, 3.05) is 0 Å². The standard InChI is InChI=1S/C15H18N2O4/c1-9-10(2)17(21)15(16(9)3)13(8-14(19)20)11-4-6-12(18)7-5-11/h4-7,13H,8H2,1-3H3,(H2-,18,19,20,21)/p+1. The number of carbonyl (C=O) groups is 1. The lowest BCUT2D eigenvalue weighted by atomic mass is 9.94. The van der Waals surface area contributed by atoms with Gasteiger partial charge < -0.3 is 15.4 Å². The van der Waals surface area contributed by atoms with E-state index in [-0.39, 0.29) is 12.2 Å². The summed E-state index contributed by atoms with van der Waals surface area (Å²) in [7, 11) is 1.79. The highest BCUT2D eigenvalue weighted by Gasteiger charge is 2.33. The number of aromatic hydroxyl groups is 1. The van der Waals surface area contributed by atoms with Crippen LogP contribution in [0.1, 0.15) is 35.1 Å². The first-order valence-corrected chi connectivity index (χ1v) is 6.60. The molecule has 3 N–H and O–H groups in total. The molecule has 2 aromatic rings. The van der Waals surface area contributed by atoms with Crippen LogP contribution < -0.4 is 4.57 Å². The summed E-state index contributed by atoms with van der Waals surface area (Å²) in [6.07, 6.45) is -0.151. The van der Waals surface area contributed by atoms with Crippen molar-refractivity contribution >= 4 is 5.97 Å². The van der Waals surface area contributed by atoms with E-state index in [4.69, 9.17) is 5.11 Å². The van der Waals surface area contributed by atoms with Crippen molar-refractivity contribution in [2.24, 2.45) is 7.05 Å². The van der Waals surface area contributed by atoms with Crippen molar-refractivity contribution in [3.8, 4) is 5.75 Å². The molecular weight excluding hydrogens is 272 g/mol. The molecule has 0 bridgehead atoms. The normalized spacial score (nSPS) is 12.3. The Bertz CT molecular complexity index is 648. The fraction of sp³-hybridized carbons (Fsp3) is 0.333. The van der Waals surface area contributed by atoms with E-state index in [1.807, 2.05) is 6.92 Å². The summed E-state index contributed by atoms with van der Waals surface area (Å²) in [5.41, 5.74) is 2.25. The number of nitrogens with zero attached hydrogens (tertiary/aromatic N) is 2. The molecule has 0 saturated carbocycles. The minimum atomic E-state index is -0.954. The molecule has 0 saturated heterocycles. The van der Waals surface area contributed by atoms with Gasteiger partial charge in [-0.2, -0.15) is 0 Å². The predicted molar refractivity (Wildman–Crippen MR) is 74.5 cm³/mol. The van der Waals surface area contributed by atoms with Gasteiger partial charge in [0, 0.05) is 13.8 Å². The molecule has 0 amide bonds. The van der Waals surface area contributed by atoms with E-state index in [0.29, 0.717) is 11.5 Å². The molecule has 0 aliphatic carbocycles. The van der Waals surface area contributed by atoms with Gasteiger partial charge in [-0.3, -0.25) is 4.79 Å². The second-order valence-electron chi connectivity index (χ2n) is 5.14. The Kier molecular flexibility index (Phi) is 3.88. The number of carboxylic acid groups (broad SMARTS) is 1. The summed E-state index contributed by atoms with van der Waals surface area (Å²) in [5.74, 6) is -0.850. The van der Waals surface area contributed by atoms with Crippen LogP contribution in [0.3, 0.4) is 0 Å². The van der Waals surface area contributed by atoms with E-state index >= 15 is 0 Å². The fourth-order valence-electron chi connectivity index (χ4n) is 2.50. The second-order valence-corrected chi connectivity index (χ2v) is 5.14. The summed E-state index contributed by atoms with van der Waals surface area (Å²) in [4.78, 5) is 11.2. The molecule has 0 fully saturated rings. The molecule has 6 heteroatoms. The molecule has 2 rings (SSSR count). The van der Waals surface area contributed by atoms with Crippen LogP contribution in [-0.2, 0) is 11.8 Å². The van der Waals surface area contributed by atoms with Crippen molar-refractivity contribution in [1.29, 1.82) is 0 Å². The average molecular weight is 291 g/mol. The van der Waals surface area contributed by atoms with E-state index < -0.39 is 11.9 Å². The van der Waals surface area contributed by atoms with Crippen LogP contribution in [0.5, 0.6) is 5.75 Å². The molecule has 6 nitrogen and oxygen atoms in total. The minimum Gasteiger partial charge on any atom is -0.508 e. The SMILES string of the molecule is Cc1c(C)[n+](C)c(C(CC(=O)O)c2ccc(O)cc2)n1O. The third kappa shape index (κ3) is 2.69. The van der Waals surface area contributed by atoms with Crippen molar-refractivity contribution in [3.05, 3.63) is 47.0 Å². The number of phenols is 1. The summed E-state index contributed by atoms with van der Waals surface area (Å²) in [6, 6.07) is 6.35. The first-order valence-electron chi connectivity index (χ1n) is 6.60. The van der Waals surface area contributed by atoms with E-state index in [9.17, 15) is 15.1 Å². The van der Waals surface area contributed by atoms with Crippen LogP contribution in [0, 0.1) is 13.8 Å². The van der Waals surface area contributed by atoms with Crippen LogP contribution in [0.25, 0.3) is 0 Å². The van der Waals surface area contributed by atoms with Crippen molar-refractivity contribution in [2.45, 2.75) is 26.2 Å². The maximum Gasteiger partial charge on any atom is 0.304 e. The summed E-state index contributed by atoms with van der Waals surface area (Å²) < 4.78 is 2.82. The molecule has 21 heavy (non-hydrogen) atoms. The van der Waals surface area contributed by atoms with Gasteiger partial charge in [-0.25, -0.2) is 4.57 Å². The zero-order chi connectivity index (χ0) is 15.7. The highest BCUT2D eigenvalue weighted by molar-refractivity contribution is 5.68. The molecule has 1 unspecified atom stereocenters. The van der Waals surface area contributed by atoms with Crippen molar-refractivity contribution in [1.82, 2.24) is 4.73 Å². The molecule has 0 aliphatic rings. The lowest BCUT2D eigenvalue weighted by Gasteiger charge is -2.12. The maximum atomic E-state index is 11.2. The third-order valence-electron chi connectivity index (χ3n) is 3.89. The number of aromatic nitrogens is 2. The average Bonchev–Trinajstić information content (AvgIpc) is 2.62. The molecule has 1 aromatic heterocycles. The first kappa shape index (κ1) is 14.9. The summed E-state index contributed by atoms with van der Waals surface area (Å²) >= 11 is 0. The largest absolute Gasteiger partial charge is 0.508 e. The van der Waals surface area contributed by atoms with Gasteiger partial charge in [0.25, 0.3) is 0 Å². The Morgan fingerprint density at radius 1 is 1.29 bits per heavy atom. The van der Waals surface area contributed by atoms with Gasteiger partial charge in [0.15, 0.2) is 5.69 Å². The number of hydrogen-bond acceptors (Lipinski definition) is 3. The highest BCUT2D eigenvalue weighted by Crippen LogP contribution is 2.28. The van der Waals surface area contributed by atoms with Gasteiger partial charge in [0.2, 0.25) is 0 Å². The van der Waals surface area contributed by atoms with Crippen LogP contribution in [0.15, 0.2) is 24.3 Å². The minimum absolute atomic E-state index is 0.115. The van der Waals surface area contributed by atoms with Gasteiger partial charge in [-0.15, -0.1) is 0 Å². The Labute approximate surface area is 122 Å². The number of rotatable bonds is 4. The predicted octanol–water partition coefficient (Wildman–Crippen LogP) is 1.48. The topological polar surface area (TPSA) is 86.6 Å². The summed E-state index contributed by atoms with van der Waals surface area (Å²) in [6.45, 7) is 3.63. The van der Waals surface area contributed by atoms with Crippen LogP contribution in [-0.4, -0.2) is 26.1 Å². The van der Waals surface area contributed by atoms with Crippen LogP contribution in [0.2, 0.25) is 0 Å². The van der Waals surface area contributed by atoms with Crippen molar-refractivity contribution < 1.29 is 24.8 Å². The molecule has 1 atom stereocenters. The van der Waals surface area contributed by atoms with Crippen LogP contribution in [0.4, 0.5) is 0 Å². The Morgan fingerprint density at radius 3 is 2.29 bits per heavy atom.